The van der Waals surface area contributed by atoms with Gasteiger partial charge in [-0.25, -0.2) is 4.98 Å². The lowest BCUT2D eigenvalue weighted by Crippen LogP contribution is -2.32. The second-order valence-electron chi connectivity index (χ2n) is 5.24. The van der Waals surface area contributed by atoms with E-state index in [1.165, 1.54) is 0 Å². The Morgan fingerprint density at radius 2 is 1.65 bits per heavy atom. The van der Waals surface area contributed by atoms with Gasteiger partial charge in [0.05, 0.1) is 10.9 Å². The largest absolute Gasteiger partial charge is 0.323 e. The molecule has 0 aliphatic carbocycles. The maximum atomic E-state index is 12.3. The summed E-state index contributed by atoms with van der Waals surface area (Å²) in [5.41, 5.74) is 1.40. The monoisotopic (exact) mass is 306 g/mol. The summed E-state index contributed by atoms with van der Waals surface area (Å²) in [6.07, 6.45) is 1.66. The van der Waals surface area contributed by atoms with Crippen LogP contribution in [0, 0.1) is 0 Å². The molecule has 2 heterocycles. The van der Waals surface area contributed by atoms with Crippen LogP contribution in [-0.4, -0.2) is 15.3 Å². The van der Waals surface area contributed by atoms with Crippen LogP contribution < -0.4 is 11.4 Å². The van der Waals surface area contributed by atoms with Crippen molar-refractivity contribution in [2.45, 2.75) is 19.4 Å². The molecule has 3 aromatic rings. The highest BCUT2D eigenvalue weighted by Gasteiger charge is 2.19. The third-order valence-electron chi connectivity index (χ3n) is 3.74. The Bertz CT molecular complexity index is 858. The fourth-order valence-corrected chi connectivity index (χ4v) is 2.62. The van der Waals surface area contributed by atoms with Crippen molar-refractivity contribution in [3.63, 3.8) is 0 Å². The number of benzene rings is 2. The highest BCUT2D eigenvalue weighted by atomic mass is 16.1. The van der Waals surface area contributed by atoms with Gasteiger partial charge in [-0.3, -0.25) is 9.36 Å². The average molecular weight is 306 g/mol. The van der Waals surface area contributed by atoms with Gasteiger partial charge in [-0.2, -0.15) is 5.10 Å². The third kappa shape index (κ3) is 3.13. The Morgan fingerprint density at radius 1 is 1.00 bits per heavy atom. The lowest BCUT2D eigenvalue weighted by atomic mass is 10.1. The number of rotatable bonds is 0. The molecular formula is C18H18N4O. The van der Waals surface area contributed by atoms with E-state index in [1.54, 1.807) is 10.6 Å². The smallest absolute Gasteiger partial charge is 0.261 e. The fraction of sp³-hybridized carbons (Fsp3) is 0.167. The van der Waals surface area contributed by atoms with Crippen molar-refractivity contribution in [1.82, 2.24) is 9.55 Å². The van der Waals surface area contributed by atoms with Crippen LogP contribution in [0.3, 0.4) is 0 Å². The predicted octanol–water partition coefficient (Wildman–Crippen LogP) is 2.54. The normalized spacial score (nSPS) is 14.9. The van der Waals surface area contributed by atoms with Crippen molar-refractivity contribution in [2.24, 2.45) is 10.9 Å². The molecule has 5 nitrogen and oxygen atoms in total. The number of hydrogen-bond acceptors (Lipinski definition) is 4. The molecule has 5 heteroatoms. The maximum absolute atomic E-state index is 12.3. The van der Waals surface area contributed by atoms with Crippen LogP contribution in [0.1, 0.15) is 18.7 Å². The molecule has 2 N–H and O–H groups in total. The molecule has 116 valence electrons. The van der Waals surface area contributed by atoms with E-state index in [9.17, 15) is 4.79 Å². The topological polar surface area (TPSA) is 73.3 Å². The van der Waals surface area contributed by atoms with E-state index in [0.717, 1.165) is 12.8 Å². The van der Waals surface area contributed by atoms with Crippen LogP contribution in [0.25, 0.3) is 10.9 Å². The quantitative estimate of drug-likeness (QED) is 0.512. The molecule has 2 aromatic carbocycles. The number of nitrogens with two attached hydrogens (primary N) is 1. The van der Waals surface area contributed by atoms with Crippen LogP contribution >= 0.6 is 0 Å². The minimum atomic E-state index is -0.00792. The van der Waals surface area contributed by atoms with Crippen molar-refractivity contribution in [3.05, 3.63) is 76.8 Å². The van der Waals surface area contributed by atoms with Crippen LogP contribution in [0.2, 0.25) is 0 Å². The van der Waals surface area contributed by atoms with E-state index in [1.807, 2.05) is 54.6 Å². The van der Waals surface area contributed by atoms with E-state index < -0.39 is 0 Å². The Kier molecular flexibility index (Phi) is 4.47. The molecule has 0 spiro atoms. The van der Waals surface area contributed by atoms with Gasteiger partial charge < -0.3 is 5.84 Å². The average Bonchev–Trinajstić information content (AvgIpc) is 2.63. The number of fused-ring (bicyclic) bond motifs is 2. The molecule has 0 unspecified atom stereocenters. The van der Waals surface area contributed by atoms with E-state index in [-0.39, 0.29) is 5.56 Å². The molecule has 0 radical (unpaired) electrons. The molecule has 0 bridgehead atoms. The molecule has 0 saturated heterocycles. The van der Waals surface area contributed by atoms with E-state index in [4.69, 9.17) is 5.84 Å². The van der Waals surface area contributed by atoms with Gasteiger partial charge in [-0.05, 0) is 25.0 Å². The predicted molar refractivity (Wildman–Crippen MR) is 92.4 cm³/mol. The molecule has 0 fully saturated rings. The van der Waals surface area contributed by atoms with Gasteiger partial charge in [0.1, 0.15) is 5.71 Å². The zero-order chi connectivity index (χ0) is 16.1. The Labute approximate surface area is 134 Å². The number of hydrazone groups is 1. The molecule has 1 aliphatic heterocycles. The summed E-state index contributed by atoms with van der Waals surface area (Å²) in [5.74, 6) is 5.96. The van der Waals surface area contributed by atoms with Gasteiger partial charge in [-0.15, -0.1) is 0 Å². The first-order valence-electron chi connectivity index (χ1n) is 7.58. The summed E-state index contributed by atoms with van der Waals surface area (Å²) >= 11 is 0. The molecule has 4 rings (SSSR count). The van der Waals surface area contributed by atoms with Gasteiger partial charge in [0.25, 0.3) is 5.56 Å². The van der Waals surface area contributed by atoms with Crippen molar-refractivity contribution in [1.29, 1.82) is 0 Å². The Hall–Kier alpha value is -2.95. The number of aromatic nitrogens is 2. The molecule has 0 saturated carbocycles. The zero-order valence-corrected chi connectivity index (χ0v) is 12.7. The summed E-state index contributed by atoms with van der Waals surface area (Å²) in [5, 5.41) is 4.38. The summed E-state index contributed by atoms with van der Waals surface area (Å²) in [4.78, 5) is 16.7. The second-order valence-corrected chi connectivity index (χ2v) is 5.24. The van der Waals surface area contributed by atoms with Crippen LogP contribution in [-0.2, 0) is 6.54 Å². The standard InChI is InChI=1S/C12H12N4O.C6H6/c13-15-10-6-3-7-16-11(10)14-9-5-2-1-4-8(9)12(16)17;1-2-4-6-5-3-1/h1-2,4-5H,3,6-7,13H2;1-6H. The van der Waals surface area contributed by atoms with E-state index in [0.29, 0.717) is 29.0 Å². The van der Waals surface area contributed by atoms with Crippen molar-refractivity contribution < 1.29 is 0 Å². The van der Waals surface area contributed by atoms with Crippen molar-refractivity contribution >= 4 is 16.6 Å². The highest BCUT2D eigenvalue weighted by Crippen LogP contribution is 2.14. The number of nitrogens with zero attached hydrogens (tertiary/aromatic N) is 3. The Balaban J connectivity index is 0.000000220. The zero-order valence-electron chi connectivity index (χ0n) is 12.7. The Morgan fingerprint density at radius 3 is 2.30 bits per heavy atom. The minimum absolute atomic E-state index is 0.00792. The SMILES string of the molecule is NN=C1CCCn2c1nc1ccccc1c2=O.c1ccccc1. The number of para-hydroxylation sites is 1. The van der Waals surface area contributed by atoms with Gasteiger partial charge in [-0.1, -0.05) is 48.5 Å². The molecule has 1 aromatic heterocycles. The summed E-state index contributed by atoms with van der Waals surface area (Å²) in [7, 11) is 0. The van der Waals surface area contributed by atoms with Crippen LogP contribution in [0.5, 0.6) is 0 Å². The maximum Gasteiger partial charge on any atom is 0.261 e. The minimum Gasteiger partial charge on any atom is -0.323 e. The molecule has 0 atom stereocenters. The molecule has 0 amide bonds. The van der Waals surface area contributed by atoms with E-state index >= 15 is 0 Å². The highest BCUT2D eigenvalue weighted by molar-refractivity contribution is 5.99. The first kappa shape index (κ1) is 15.0. The van der Waals surface area contributed by atoms with Gasteiger partial charge >= 0.3 is 0 Å². The van der Waals surface area contributed by atoms with Crippen molar-refractivity contribution in [3.8, 4) is 0 Å². The molecular weight excluding hydrogens is 288 g/mol. The first-order chi connectivity index (χ1) is 11.3. The van der Waals surface area contributed by atoms with E-state index in [2.05, 4.69) is 10.1 Å². The lowest BCUT2D eigenvalue weighted by Gasteiger charge is -2.18. The molecule has 1 aliphatic rings. The molecule has 23 heavy (non-hydrogen) atoms. The van der Waals surface area contributed by atoms with Crippen LogP contribution in [0.4, 0.5) is 0 Å². The first-order valence-corrected chi connectivity index (χ1v) is 7.58. The third-order valence-corrected chi connectivity index (χ3v) is 3.74. The van der Waals surface area contributed by atoms with Gasteiger partial charge in [0.15, 0.2) is 5.82 Å². The number of hydrogen-bond donors (Lipinski definition) is 1. The lowest BCUT2D eigenvalue weighted by molar-refractivity contribution is 0.596. The van der Waals surface area contributed by atoms with Gasteiger partial charge in [0, 0.05) is 6.54 Å². The van der Waals surface area contributed by atoms with Gasteiger partial charge in [0.2, 0.25) is 0 Å². The summed E-state index contributed by atoms with van der Waals surface area (Å²) in [6.45, 7) is 0.686. The summed E-state index contributed by atoms with van der Waals surface area (Å²) in [6, 6.07) is 19.3. The fourth-order valence-electron chi connectivity index (χ4n) is 2.62. The second kappa shape index (κ2) is 6.87. The van der Waals surface area contributed by atoms with Crippen molar-refractivity contribution in [2.75, 3.05) is 0 Å². The summed E-state index contributed by atoms with van der Waals surface area (Å²) < 4.78 is 1.66. The van der Waals surface area contributed by atoms with Crippen LogP contribution in [0.15, 0.2) is 70.6 Å².